The van der Waals surface area contributed by atoms with Gasteiger partial charge in [0.1, 0.15) is 6.23 Å². The van der Waals surface area contributed by atoms with E-state index in [0.717, 1.165) is 12.6 Å². The van der Waals surface area contributed by atoms with Gasteiger partial charge in [0, 0.05) is 14.2 Å². The third-order valence-corrected chi connectivity index (χ3v) is 5.62. The lowest BCUT2D eigenvalue weighted by molar-refractivity contribution is 0.0862. The molecule has 0 spiro atoms. The second-order valence-electron chi connectivity index (χ2n) is 3.73. The highest BCUT2D eigenvalue weighted by atomic mass is 28.4. The highest BCUT2D eigenvalue weighted by molar-refractivity contribution is 6.66. The Bertz CT molecular complexity index is 153. The summed E-state index contributed by atoms with van der Waals surface area (Å²) in [6.45, 7) is 6.74. The van der Waals surface area contributed by atoms with Gasteiger partial charge < -0.3 is 14.0 Å². The third-order valence-electron chi connectivity index (χ3n) is 2.51. The van der Waals surface area contributed by atoms with E-state index in [4.69, 9.17) is 8.85 Å². The highest BCUT2D eigenvalue weighted by Crippen LogP contribution is 2.19. The zero-order valence-electron chi connectivity index (χ0n) is 9.83. The van der Waals surface area contributed by atoms with Gasteiger partial charge in [0.25, 0.3) is 0 Å². The van der Waals surface area contributed by atoms with Crippen molar-refractivity contribution in [1.82, 2.24) is 5.32 Å². The first-order chi connectivity index (χ1) is 6.49. The lowest BCUT2D eigenvalue weighted by atomic mass is 10.2. The van der Waals surface area contributed by atoms with E-state index >= 15 is 0 Å². The van der Waals surface area contributed by atoms with Gasteiger partial charge in [0.2, 0.25) is 0 Å². The maximum absolute atomic E-state index is 9.67. The number of aliphatic hydroxyl groups excluding tert-OH is 1. The Labute approximate surface area is 87.9 Å². The normalized spacial score (nSPS) is 16.7. The summed E-state index contributed by atoms with van der Waals surface area (Å²) in [5.74, 6) is 0.145. The molecular weight excluding hydrogens is 198 g/mol. The van der Waals surface area contributed by atoms with Crippen molar-refractivity contribution in [3.63, 3.8) is 0 Å². The molecular formula is C9H23NO3Si. The molecule has 14 heavy (non-hydrogen) atoms. The summed E-state index contributed by atoms with van der Waals surface area (Å²) in [4.78, 5) is 0. The molecule has 0 rings (SSSR count). The Balaban J connectivity index is 4.07. The fraction of sp³-hybridized carbons (Fsp3) is 1.00. The molecule has 0 radical (unpaired) electrons. The molecule has 5 heteroatoms. The molecule has 0 bridgehead atoms. The molecule has 0 aliphatic carbocycles. The van der Waals surface area contributed by atoms with Gasteiger partial charge in [-0.05, 0) is 25.1 Å². The average molecular weight is 221 g/mol. The van der Waals surface area contributed by atoms with Crippen LogP contribution in [0.15, 0.2) is 0 Å². The van der Waals surface area contributed by atoms with Crippen LogP contribution in [0.3, 0.4) is 0 Å². The van der Waals surface area contributed by atoms with Crippen LogP contribution < -0.4 is 5.32 Å². The lowest BCUT2D eigenvalue weighted by Crippen LogP contribution is -2.43. The van der Waals surface area contributed by atoms with Gasteiger partial charge in [-0.2, -0.15) is 0 Å². The number of hydrogen-bond acceptors (Lipinski definition) is 4. The van der Waals surface area contributed by atoms with Gasteiger partial charge >= 0.3 is 8.56 Å². The van der Waals surface area contributed by atoms with Gasteiger partial charge in [-0.1, -0.05) is 13.8 Å². The first-order valence-corrected chi connectivity index (χ1v) is 7.53. The third kappa shape index (κ3) is 4.52. The summed E-state index contributed by atoms with van der Waals surface area (Å²) in [5, 5.41) is 12.7. The first-order valence-electron chi connectivity index (χ1n) is 5.00. The van der Waals surface area contributed by atoms with Crippen molar-refractivity contribution in [1.29, 1.82) is 0 Å². The quantitative estimate of drug-likeness (QED) is 0.496. The molecule has 4 nitrogen and oxygen atoms in total. The molecule has 0 aromatic heterocycles. The smallest absolute Gasteiger partial charge is 0.334 e. The number of nitrogens with one attached hydrogen (secondary N) is 1. The molecule has 2 N–H and O–H groups in total. The van der Waals surface area contributed by atoms with Crippen molar-refractivity contribution < 1.29 is 14.0 Å². The van der Waals surface area contributed by atoms with E-state index < -0.39 is 14.8 Å². The summed E-state index contributed by atoms with van der Waals surface area (Å²) < 4.78 is 10.7. The maximum atomic E-state index is 9.67. The van der Waals surface area contributed by atoms with Gasteiger partial charge in [0.15, 0.2) is 0 Å². The second kappa shape index (κ2) is 6.52. The highest BCUT2D eigenvalue weighted by Gasteiger charge is 2.33. The van der Waals surface area contributed by atoms with Crippen LogP contribution in [0.2, 0.25) is 12.6 Å². The molecule has 2 unspecified atom stereocenters. The van der Waals surface area contributed by atoms with E-state index in [9.17, 15) is 5.11 Å². The summed E-state index contributed by atoms with van der Waals surface area (Å²) >= 11 is 0. The van der Waals surface area contributed by atoms with Crippen LogP contribution in [0.4, 0.5) is 0 Å². The van der Waals surface area contributed by atoms with Crippen molar-refractivity contribution >= 4 is 8.56 Å². The molecule has 0 aromatic rings. The summed E-state index contributed by atoms with van der Waals surface area (Å²) in [7, 11) is 1.29. The summed E-state index contributed by atoms with van der Waals surface area (Å²) in [5.41, 5.74) is 0. The van der Waals surface area contributed by atoms with Crippen LogP contribution in [0.25, 0.3) is 0 Å². The zero-order chi connectivity index (χ0) is 11.2. The fourth-order valence-electron chi connectivity index (χ4n) is 1.36. The average Bonchev–Trinajstić information content (AvgIpc) is 2.18. The molecule has 0 saturated carbocycles. The van der Waals surface area contributed by atoms with Crippen LogP contribution in [0, 0.1) is 5.92 Å². The van der Waals surface area contributed by atoms with Crippen LogP contribution in [0.1, 0.15) is 13.8 Å². The monoisotopic (exact) mass is 221 g/mol. The minimum absolute atomic E-state index is 0.145. The Morgan fingerprint density at radius 3 is 2.21 bits per heavy atom. The number of hydrogen-bond donors (Lipinski definition) is 2. The molecule has 0 aliphatic rings. The molecule has 0 saturated heterocycles. The largest absolute Gasteiger partial charge is 0.398 e. The summed E-state index contributed by atoms with van der Waals surface area (Å²) in [6.07, 6.45) is -0.475. The van der Waals surface area contributed by atoms with Crippen molar-refractivity contribution in [3.8, 4) is 0 Å². The van der Waals surface area contributed by atoms with Crippen molar-refractivity contribution in [2.24, 2.45) is 5.92 Å². The lowest BCUT2D eigenvalue weighted by Gasteiger charge is -2.28. The van der Waals surface area contributed by atoms with Crippen LogP contribution in [-0.2, 0) is 8.85 Å². The minimum Gasteiger partial charge on any atom is -0.398 e. The van der Waals surface area contributed by atoms with Gasteiger partial charge in [-0.15, -0.1) is 0 Å². The number of aliphatic hydroxyl groups is 1. The van der Waals surface area contributed by atoms with Crippen molar-refractivity contribution in [3.05, 3.63) is 0 Å². The van der Waals surface area contributed by atoms with E-state index in [-0.39, 0.29) is 5.92 Å². The zero-order valence-corrected chi connectivity index (χ0v) is 10.8. The molecule has 0 aliphatic heterocycles. The molecule has 0 heterocycles. The SMILES string of the molecule is CCNC(O)C(C)C[Si](C)(OC)OC. The van der Waals surface area contributed by atoms with Crippen LogP contribution >= 0.6 is 0 Å². The second-order valence-corrected chi connectivity index (χ2v) is 7.22. The van der Waals surface area contributed by atoms with Gasteiger partial charge in [-0.25, -0.2) is 0 Å². The Morgan fingerprint density at radius 1 is 1.36 bits per heavy atom. The predicted molar refractivity (Wildman–Crippen MR) is 59.3 cm³/mol. The van der Waals surface area contributed by atoms with Gasteiger partial charge in [-0.3, -0.25) is 5.32 Å². The molecule has 0 aromatic carbocycles. The van der Waals surface area contributed by atoms with E-state index in [1.54, 1.807) is 14.2 Å². The molecule has 2 atom stereocenters. The number of rotatable bonds is 7. The van der Waals surface area contributed by atoms with E-state index in [1.807, 2.05) is 20.4 Å². The van der Waals surface area contributed by atoms with Crippen LogP contribution in [-0.4, -0.2) is 40.7 Å². The minimum atomic E-state index is -2.05. The topological polar surface area (TPSA) is 50.7 Å². The standard InChI is InChI=1S/C9H23NO3Si/c1-6-10-9(11)8(2)7-14(5,12-3)13-4/h8-11H,6-7H2,1-5H3. The van der Waals surface area contributed by atoms with E-state index in [1.165, 1.54) is 0 Å². The van der Waals surface area contributed by atoms with Crippen molar-refractivity contribution in [2.45, 2.75) is 32.7 Å². The van der Waals surface area contributed by atoms with Crippen LogP contribution in [0.5, 0.6) is 0 Å². The van der Waals surface area contributed by atoms with Gasteiger partial charge in [0.05, 0.1) is 0 Å². The van der Waals surface area contributed by atoms with E-state index in [2.05, 4.69) is 5.32 Å². The fourth-order valence-corrected chi connectivity index (χ4v) is 3.25. The molecule has 0 amide bonds. The molecule has 86 valence electrons. The maximum Gasteiger partial charge on any atom is 0.334 e. The first kappa shape index (κ1) is 14.1. The molecule has 0 fully saturated rings. The summed E-state index contributed by atoms with van der Waals surface area (Å²) in [6, 6.07) is 0.786. The Hall–Kier alpha value is 0.0569. The predicted octanol–water partition coefficient (Wildman–Crippen LogP) is 0.915. The van der Waals surface area contributed by atoms with Crippen molar-refractivity contribution in [2.75, 3.05) is 20.8 Å². The Morgan fingerprint density at radius 2 is 1.86 bits per heavy atom. The van der Waals surface area contributed by atoms with E-state index in [0.29, 0.717) is 0 Å². The Kier molecular flexibility index (Phi) is 6.55.